The van der Waals surface area contributed by atoms with E-state index in [0.717, 1.165) is 9.87 Å². The molecule has 3 rings (SSSR count). The Morgan fingerprint density at radius 2 is 1.56 bits per heavy atom. The van der Waals surface area contributed by atoms with E-state index in [4.69, 9.17) is 32.7 Å². The second kappa shape index (κ2) is 13.9. The lowest BCUT2D eigenvalue weighted by Crippen LogP contribution is -2.51. The molecule has 0 aliphatic carbocycles. The molecule has 0 aliphatic heterocycles. The van der Waals surface area contributed by atoms with Crippen LogP contribution in [0.2, 0.25) is 10.0 Å². The van der Waals surface area contributed by atoms with Crippen LogP contribution < -0.4 is 19.1 Å². The molecule has 0 saturated carbocycles. The highest BCUT2D eigenvalue weighted by Crippen LogP contribution is 2.33. The highest BCUT2D eigenvalue weighted by molar-refractivity contribution is 7.92. The smallest absolute Gasteiger partial charge is 0.264 e. The summed E-state index contributed by atoms with van der Waals surface area (Å²) in [4.78, 5) is 28.1. The molecular weight excluding hydrogens is 589 g/mol. The molecule has 1 N–H and O–H groups in total. The number of likely N-dealkylation sites (N-methyl/N-ethyl adjacent to an activating group) is 1. The van der Waals surface area contributed by atoms with Gasteiger partial charge in [0.1, 0.15) is 12.6 Å². The van der Waals surface area contributed by atoms with Gasteiger partial charge in [0.2, 0.25) is 11.8 Å². The normalized spacial score (nSPS) is 11.9. The number of rotatable bonds is 12. The van der Waals surface area contributed by atoms with Gasteiger partial charge in [-0.25, -0.2) is 8.42 Å². The average molecular weight is 623 g/mol. The van der Waals surface area contributed by atoms with E-state index in [9.17, 15) is 18.0 Å². The zero-order valence-electron chi connectivity index (χ0n) is 23.5. The van der Waals surface area contributed by atoms with Crippen LogP contribution in [0.5, 0.6) is 11.5 Å². The number of methoxy groups -OCH3 is 2. The number of amides is 2. The summed E-state index contributed by atoms with van der Waals surface area (Å²) < 4.78 is 39.7. The van der Waals surface area contributed by atoms with Gasteiger partial charge in [-0.05, 0) is 49.7 Å². The van der Waals surface area contributed by atoms with Crippen molar-refractivity contribution in [2.45, 2.75) is 37.8 Å². The predicted octanol–water partition coefficient (Wildman–Crippen LogP) is 5.07. The van der Waals surface area contributed by atoms with Crippen LogP contribution in [0.15, 0.2) is 65.6 Å². The van der Waals surface area contributed by atoms with Gasteiger partial charge in [0.15, 0.2) is 11.5 Å². The van der Waals surface area contributed by atoms with E-state index in [1.807, 2.05) is 6.92 Å². The fourth-order valence-electron chi connectivity index (χ4n) is 4.28. The predicted molar refractivity (Wildman–Crippen MR) is 160 cm³/mol. The van der Waals surface area contributed by atoms with E-state index in [-0.39, 0.29) is 29.3 Å². The number of benzene rings is 3. The Balaban J connectivity index is 2.13. The topological polar surface area (TPSA) is 105 Å². The molecule has 0 bridgehead atoms. The molecule has 0 saturated heterocycles. The molecule has 0 aromatic heterocycles. The number of carbonyl (C=O) groups excluding carboxylic acids is 2. The number of nitrogens with one attached hydrogen (secondary N) is 1. The molecule has 0 spiro atoms. The van der Waals surface area contributed by atoms with Crippen LogP contribution in [-0.4, -0.2) is 59.0 Å². The quantitative estimate of drug-likeness (QED) is 0.303. The maximum Gasteiger partial charge on any atom is 0.264 e. The number of sulfonamides is 1. The van der Waals surface area contributed by atoms with Crippen LogP contribution >= 0.6 is 23.2 Å². The third-order valence-electron chi connectivity index (χ3n) is 6.57. The molecule has 0 heterocycles. The highest BCUT2D eigenvalue weighted by atomic mass is 35.5. The molecular formula is C29H33Cl2N3O6S. The van der Waals surface area contributed by atoms with Crippen LogP contribution in [-0.2, 0) is 26.2 Å². The summed E-state index contributed by atoms with van der Waals surface area (Å²) in [5, 5.41) is 3.21. The summed E-state index contributed by atoms with van der Waals surface area (Å²) >= 11 is 12.8. The van der Waals surface area contributed by atoms with Gasteiger partial charge < -0.3 is 19.7 Å². The molecule has 0 fully saturated rings. The van der Waals surface area contributed by atoms with E-state index in [1.165, 1.54) is 44.4 Å². The van der Waals surface area contributed by atoms with Crippen LogP contribution in [0, 0.1) is 6.92 Å². The fraction of sp³-hybridized carbons (Fsp3) is 0.310. The van der Waals surface area contributed by atoms with Crippen molar-refractivity contribution in [1.82, 2.24) is 10.2 Å². The van der Waals surface area contributed by atoms with Gasteiger partial charge in [0, 0.05) is 35.3 Å². The number of anilines is 1. The molecule has 0 aliphatic rings. The molecule has 9 nitrogen and oxygen atoms in total. The van der Waals surface area contributed by atoms with E-state index in [1.54, 1.807) is 49.4 Å². The van der Waals surface area contributed by atoms with Crippen LogP contribution in [0.25, 0.3) is 0 Å². The Morgan fingerprint density at radius 3 is 2.10 bits per heavy atom. The molecule has 3 aromatic rings. The highest BCUT2D eigenvalue weighted by Gasteiger charge is 2.34. The fourth-order valence-corrected chi connectivity index (χ4v) is 6.23. The lowest BCUT2D eigenvalue weighted by Gasteiger charge is -2.33. The largest absolute Gasteiger partial charge is 0.493 e. The summed E-state index contributed by atoms with van der Waals surface area (Å²) in [5.41, 5.74) is 1.61. The zero-order valence-corrected chi connectivity index (χ0v) is 25.8. The molecule has 1 atom stereocenters. The summed E-state index contributed by atoms with van der Waals surface area (Å²) in [5.74, 6) is -0.470. The second-order valence-corrected chi connectivity index (χ2v) is 11.8. The first-order chi connectivity index (χ1) is 19.5. The second-order valence-electron chi connectivity index (χ2n) is 9.12. The van der Waals surface area contributed by atoms with Gasteiger partial charge in [-0.15, -0.1) is 0 Å². The van der Waals surface area contributed by atoms with Crippen molar-refractivity contribution < 1.29 is 27.5 Å². The molecule has 12 heteroatoms. The Bertz CT molecular complexity index is 1480. The van der Waals surface area contributed by atoms with Crippen LogP contribution in [0.4, 0.5) is 5.69 Å². The number of hydrogen-bond donors (Lipinski definition) is 1. The van der Waals surface area contributed by atoms with E-state index in [2.05, 4.69) is 5.32 Å². The molecule has 41 heavy (non-hydrogen) atoms. The van der Waals surface area contributed by atoms with Crippen molar-refractivity contribution in [3.05, 3.63) is 81.8 Å². The number of halogens is 2. The van der Waals surface area contributed by atoms with Crippen molar-refractivity contribution in [3.63, 3.8) is 0 Å². The Hall–Kier alpha value is -3.47. The van der Waals surface area contributed by atoms with Crippen molar-refractivity contribution in [2.75, 3.05) is 32.1 Å². The lowest BCUT2D eigenvalue weighted by atomic mass is 10.1. The minimum atomic E-state index is -4.30. The van der Waals surface area contributed by atoms with E-state index in [0.29, 0.717) is 21.4 Å². The van der Waals surface area contributed by atoms with Gasteiger partial charge in [0.05, 0.1) is 24.8 Å². The molecule has 0 radical (unpaired) electrons. The summed E-state index contributed by atoms with van der Waals surface area (Å²) in [6, 6.07) is 14.9. The number of nitrogens with zero attached hydrogens (tertiary/aromatic N) is 2. The van der Waals surface area contributed by atoms with Crippen molar-refractivity contribution in [2.24, 2.45) is 0 Å². The van der Waals surface area contributed by atoms with Crippen LogP contribution in [0.1, 0.15) is 24.5 Å². The minimum absolute atomic E-state index is 0.109. The molecule has 3 aromatic carbocycles. The number of aryl methyl sites for hydroxylation is 1. The monoisotopic (exact) mass is 621 g/mol. The van der Waals surface area contributed by atoms with Crippen molar-refractivity contribution >= 4 is 50.7 Å². The third kappa shape index (κ3) is 7.25. The molecule has 0 unspecified atom stereocenters. The number of hydrogen-bond acceptors (Lipinski definition) is 6. The van der Waals surface area contributed by atoms with Gasteiger partial charge in [-0.1, -0.05) is 53.9 Å². The summed E-state index contributed by atoms with van der Waals surface area (Å²) in [7, 11) is 0.00944. The Kier molecular flexibility index (Phi) is 10.9. The zero-order chi connectivity index (χ0) is 30.3. The first-order valence-corrected chi connectivity index (χ1v) is 14.9. The van der Waals surface area contributed by atoms with E-state index < -0.39 is 34.4 Å². The summed E-state index contributed by atoms with van der Waals surface area (Å²) in [6.45, 7) is 2.91. The molecule has 220 valence electrons. The van der Waals surface area contributed by atoms with Gasteiger partial charge >= 0.3 is 0 Å². The van der Waals surface area contributed by atoms with E-state index >= 15 is 0 Å². The van der Waals surface area contributed by atoms with Gasteiger partial charge in [0.25, 0.3) is 10.0 Å². The average Bonchev–Trinajstić information content (AvgIpc) is 2.96. The first kappa shape index (κ1) is 32.0. The van der Waals surface area contributed by atoms with Gasteiger partial charge in [-0.2, -0.15) is 0 Å². The SMILES string of the molecule is CC[C@@H](C(=O)NC)N(Cc1c(Cl)cccc1Cl)C(=O)CN(c1ccc(C)cc1)S(=O)(=O)c1ccc(OC)c(OC)c1. The minimum Gasteiger partial charge on any atom is -0.493 e. The standard InChI is InChI=1S/C29H33Cl2N3O6S/c1-6-25(29(36)32-3)33(17-22-23(30)8-7-9-24(22)31)28(35)18-34(20-12-10-19(2)11-13-20)41(37,38)21-14-15-26(39-4)27(16-21)40-5/h7-16,25H,6,17-18H2,1-5H3,(H,32,36)/t25-/m0/s1. The Morgan fingerprint density at radius 1 is 0.951 bits per heavy atom. The maximum absolute atomic E-state index is 14.1. The van der Waals surface area contributed by atoms with Crippen molar-refractivity contribution in [3.8, 4) is 11.5 Å². The first-order valence-electron chi connectivity index (χ1n) is 12.7. The summed E-state index contributed by atoms with van der Waals surface area (Å²) in [6.07, 6.45) is 0.264. The van der Waals surface area contributed by atoms with Gasteiger partial charge in [-0.3, -0.25) is 13.9 Å². The lowest BCUT2D eigenvalue weighted by molar-refractivity contribution is -0.140. The van der Waals surface area contributed by atoms with Crippen molar-refractivity contribution in [1.29, 1.82) is 0 Å². The number of carbonyl (C=O) groups is 2. The maximum atomic E-state index is 14.1. The third-order valence-corrected chi connectivity index (χ3v) is 9.04. The van der Waals surface area contributed by atoms with Crippen LogP contribution in [0.3, 0.4) is 0 Å². The number of ether oxygens (including phenoxy) is 2. The Labute approximate surface area is 251 Å². The molecule has 2 amide bonds.